The fourth-order valence-electron chi connectivity index (χ4n) is 2.17. The Morgan fingerprint density at radius 1 is 1.00 bits per heavy atom. The summed E-state index contributed by atoms with van der Waals surface area (Å²) in [6.07, 6.45) is 1.11. The average molecular weight is 276 g/mol. The summed E-state index contributed by atoms with van der Waals surface area (Å²) in [5.41, 5.74) is 7.01. The monoisotopic (exact) mass is 276 g/mol. The number of nitrogens with zero attached hydrogens (tertiary/aromatic N) is 3. The smallest absolute Gasteiger partial charge is 0.196 e. The molecule has 0 bridgehead atoms. The van der Waals surface area contributed by atoms with E-state index >= 15 is 0 Å². The van der Waals surface area contributed by atoms with E-state index in [0.29, 0.717) is 5.96 Å². The predicted molar refractivity (Wildman–Crippen MR) is 87.4 cm³/mol. The Balaban J connectivity index is 2.51. The molecule has 0 aliphatic rings. The third-order valence-corrected chi connectivity index (χ3v) is 3.50. The Labute approximate surface area is 123 Å². The number of benzene rings is 1. The van der Waals surface area contributed by atoms with Crippen LogP contribution in [0.1, 0.15) is 27.2 Å². The first-order valence-corrected chi connectivity index (χ1v) is 7.57. The molecule has 0 saturated heterocycles. The minimum Gasteiger partial charge on any atom is -0.369 e. The number of hydrogen-bond donors (Lipinski definition) is 1. The van der Waals surface area contributed by atoms with Crippen molar-refractivity contribution in [1.29, 1.82) is 0 Å². The number of nitrogens with two attached hydrogens (primary N) is 1. The summed E-state index contributed by atoms with van der Waals surface area (Å²) in [6, 6.07) is 9.87. The molecule has 0 atom stereocenters. The van der Waals surface area contributed by atoms with Gasteiger partial charge in [-0.1, -0.05) is 32.0 Å². The fourth-order valence-corrected chi connectivity index (χ4v) is 2.17. The molecule has 112 valence electrons. The molecule has 0 heterocycles. The molecule has 2 N–H and O–H groups in total. The van der Waals surface area contributed by atoms with Crippen molar-refractivity contribution in [2.75, 3.05) is 32.7 Å². The van der Waals surface area contributed by atoms with Crippen LogP contribution < -0.4 is 5.73 Å². The number of aliphatic imine (C=N–C) groups is 1. The summed E-state index contributed by atoms with van der Waals surface area (Å²) in [6.45, 7) is 11.7. The molecule has 1 rings (SSSR count). The van der Waals surface area contributed by atoms with E-state index in [2.05, 4.69) is 35.6 Å². The minimum atomic E-state index is 0.609. The summed E-state index contributed by atoms with van der Waals surface area (Å²) >= 11 is 0. The predicted octanol–water partition coefficient (Wildman–Crippen LogP) is 2.69. The maximum atomic E-state index is 6.10. The lowest BCUT2D eigenvalue weighted by molar-refractivity contribution is 0.283. The average Bonchev–Trinajstić information content (AvgIpc) is 2.48. The molecule has 0 amide bonds. The second-order valence-electron chi connectivity index (χ2n) is 4.77. The van der Waals surface area contributed by atoms with Crippen molar-refractivity contribution in [1.82, 2.24) is 9.80 Å². The Morgan fingerprint density at radius 2 is 1.65 bits per heavy atom. The lowest BCUT2D eigenvalue weighted by Gasteiger charge is -2.24. The van der Waals surface area contributed by atoms with Gasteiger partial charge < -0.3 is 15.5 Å². The normalized spacial score (nSPS) is 11.9. The van der Waals surface area contributed by atoms with Gasteiger partial charge in [-0.2, -0.15) is 0 Å². The van der Waals surface area contributed by atoms with Gasteiger partial charge in [0, 0.05) is 13.1 Å². The van der Waals surface area contributed by atoms with E-state index in [1.54, 1.807) is 0 Å². The molecule has 0 fully saturated rings. The van der Waals surface area contributed by atoms with Crippen LogP contribution in [0, 0.1) is 0 Å². The zero-order valence-electron chi connectivity index (χ0n) is 13.0. The molecular weight excluding hydrogens is 248 g/mol. The first kappa shape index (κ1) is 16.5. The molecule has 4 heteroatoms. The molecular formula is C16H28N4. The molecule has 0 aliphatic carbocycles. The first-order valence-electron chi connectivity index (χ1n) is 7.57. The molecule has 0 unspecified atom stereocenters. The third-order valence-electron chi connectivity index (χ3n) is 3.50. The first-order chi connectivity index (χ1) is 9.71. The van der Waals surface area contributed by atoms with Crippen LogP contribution in [0.15, 0.2) is 35.3 Å². The van der Waals surface area contributed by atoms with E-state index in [9.17, 15) is 0 Å². The van der Waals surface area contributed by atoms with Gasteiger partial charge in [0.15, 0.2) is 5.96 Å². The Hall–Kier alpha value is -1.55. The van der Waals surface area contributed by atoms with Gasteiger partial charge >= 0.3 is 0 Å². The van der Waals surface area contributed by atoms with Gasteiger partial charge in [-0.05, 0) is 45.1 Å². The number of rotatable bonds is 8. The van der Waals surface area contributed by atoms with Crippen LogP contribution in [0.2, 0.25) is 0 Å². The second kappa shape index (κ2) is 9.37. The zero-order chi connectivity index (χ0) is 14.8. The highest BCUT2D eigenvalue weighted by atomic mass is 15.2. The van der Waals surface area contributed by atoms with E-state index in [4.69, 9.17) is 5.73 Å². The molecule has 0 spiro atoms. The number of guanidine groups is 1. The number of hydrogen-bond acceptors (Lipinski definition) is 2. The molecule has 4 nitrogen and oxygen atoms in total. The maximum Gasteiger partial charge on any atom is 0.196 e. The summed E-state index contributed by atoms with van der Waals surface area (Å²) in [7, 11) is 0. The van der Waals surface area contributed by atoms with Crippen molar-refractivity contribution in [2.45, 2.75) is 27.2 Å². The zero-order valence-corrected chi connectivity index (χ0v) is 13.0. The van der Waals surface area contributed by atoms with Crippen molar-refractivity contribution >= 4 is 11.6 Å². The van der Waals surface area contributed by atoms with Gasteiger partial charge in [0.05, 0.1) is 5.69 Å². The lowest BCUT2D eigenvalue weighted by atomic mass is 10.3. The van der Waals surface area contributed by atoms with Gasteiger partial charge in [0.1, 0.15) is 0 Å². The van der Waals surface area contributed by atoms with Gasteiger partial charge in [0.25, 0.3) is 0 Å². The van der Waals surface area contributed by atoms with Gasteiger partial charge in [0.2, 0.25) is 0 Å². The highest BCUT2D eigenvalue weighted by Crippen LogP contribution is 2.10. The van der Waals surface area contributed by atoms with Crippen LogP contribution in [-0.2, 0) is 0 Å². The van der Waals surface area contributed by atoms with Crippen LogP contribution >= 0.6 is 0 Å². The largest absolute Gasteiger partial charge is 0.369 e. The lowest BCUT2D eigenvalue weighted by Crippen LogP contribution is -2.39. The van der Waals surface area contributed by atoms with Crippen molar-refractivity contribution in [3.63, 3.8) is 0 Å². The number of para-hydroxylation sites is 1. The van der Waals surface area contributed by atoms with Crippen molar-refractivity contribution in [3.8, 4) is 0 Å². The fraction of sp³-hybridized carbons (Fsp3) is 0.562. The molecule has 0 aromatic heterocycles. The highest BCUT2D eigenvalue weighted by Gasteiger charge is 2.06. The van der Waals surface area contributed by atoms with Crippen molar-refractivity contribution < 1.29 is 0 Å². The topological polar surface area (TPSA) is 44.9 Å². The van der Waals surface area contributed by atoms with Gasteiger partial charge in [-0.3, -0.25) is 0 Å². The molecule has 1 aromatic rings. The van der Waals surface area contributed by atoms with Crippen LogP contribution in [0.4, 0.5) is 5.69 Å². The van der Waals surface area contributed by atoms with Crippen LogP contribution in [0.3, 0.4) is 0 Å². The SMILES string of the molecule is CCN(CC)CCCN(CC)C(N)=Nc1ccccc1. The molecule has 0 saturated carbocycles. The quantitative estimate of drug-likeness (QED) is 0.586. The van der Waals surface area contributed by atoms with E-state index in [0.717, 1.165) is 44.8 Å². The summed E-state index contributed by atoms with van der Waals surface area (Å²) in [5.74, 6) is 0.609. The van der Waals surface area contributed by atoms with Gasteiger partial charge in [-0.25, -0.2) is 4.99 Å². The molecule has 20 heavy (non-hydrogen) atoms. The third kappa shape index (κ3) is 5.61. The van der Waals surface area contributed by atoms with Crippen LogP contribution in [-0.4, -0.2) is 48.5 Å². The second-order valence-corrected chi connectivity index (χ2v) is 4.77. The van der Waals surface area contributed by atoms with E-state index < -0.39 is 0 Å². The molecule has 1 aromatic carbocycles. The van der Waals surface area contributed by atoms with Crippen LogP contribution in [0.5, 0.6) is 0 Å². The summed E-state index contributed by atoms with van der Waals surface area (Å²) < 4.78 is 0. The standard InChI is InChI=1S/C16H28N4/c1-4-19(5-2)13-10-14-20(6-3)16(17)18-15-11-8-7-9-12-15/h7-9,11-12H,4-6,10,13-14H2,1-3H3,(H2,17,18). The Kier molecular flexibility index (Phi) is 7.73. The molecule has 0 radical (unpaired) electrons. The van der Waals surface area contributed by atoms with E-state index in [1.165, 1.54) is 0 Å². The van der Waals surface area contributed by atoms with Crippen molar-refractivity contribution in [2.24, 2.45) is 10.7 Å². The van der Waals surface area contributed by atoms with E-state index in [-0.39, 0.29) is 0 Å². The summed E-state index contributed by atoms with van der Waals surface area (Å²) in [4.78, 5) is 9.04. The molecule has 0 aliphatic heterocycles. The maximum absolute atomic E-state index is 6.10. The van der Waals surface area contributed by atoms with Gasteiger partial charge in [-0.15, -0.1) is 0 Å². The van der Waals surface area contributed by atoms with Crippen molar-refractivity contribution in [3.05, 3.63) is 30.3 Å². The summed E-state index contributed by atoms with van der Waals surface area (Å²) in [5, 5.41) is 0. The highest BCUT2D eigenvalue weighted by molar-refractivity contribution is 5.81. The minimum absolute atomic E-state index is 0.609. The Morgan fingerprint density at radius 3 is 2.20 bits per heavy atom. The van der Waals surface area contributed by atoms with E-state index in [1.807, 2.05) is 30.3 Å². The Bertz CT molecular complexity index is 385. The van der Waals surface area contributed by atoms with Crippen LogP contribution in [0.25, 0.3) is 0 Å².